The first-order valence-corrected chi connectivity index (χ1v) is 8.88. The number of methoxy groups -OCH3 is 2. The van der Waals surface area contributed by atoms with Crippen molar-refractivity contribution in [2.75, 3.05) is 40.4 Å². The highest BCUT2D eigenvalue weighted by atomic mass is 35.5. The van der Waals surface area contributed by atoms with E-state index in [4.69, 9.17) is 4.74 Å². The minimum Gasteiger partial charge on any atom is -0.495 e. The summed E-state index contributed by atoms with van der Waals surface area (Å²) in [6.45, 7) is 2.74. The lowest BCUT2D eigenvalue weighted by Gasteiger charge is -2.19. The van der Waals surface area contributed by atoms with Gasteiger partial charge >= 0.3 is 5.97 Å². The molecule has 7 nitrogen and oxygen atoms in total. The third-order valence-corrected chi connectivity index (χ3v) is 6.43. The summed E-state index contributed by atoms with van der Waals surface area (Å²) in [6, 6.07) is 4.25. The Morgan fingerprint density at radius 3 is 2.38 bits per heavy atom. The Bertz CT molecular complexity index is 713. The van der Waals surface area contributed by atoms with Gasteiger partial charge in [-0.2, -0.15) is 4.31 Å². The average molecular weight is 377 g/mol. The van der Waals surface area contributed by atoms with Crippen LogP contribution < -0.4 is 10.1 Å². The number of ether oxygens (including phenoxy) is 2. The summed E-state index contributed by atoms with van der Waals surface area (Å²) in [7, 11) is -0.983. The lowest BCUT2D eigenvalue weighted by molar-refractivity contribution is 0.0600. The fraction of sp³-hybridized carbons (Fsp3) is 0.533. The van der Waals surface area contributed by atoms with Gasteiger partial charge in [-0.1, -0.05) is 0 Å². The molecule has 0 bridgehead atoms. The topological polar surface area (TPSA) is 84.9 Å². The van der Waals surface area contributed by atoms with Gasteiger partial charge < -0.3 is 14.8 Å². The van der Waals surface area contributed by atoms with Crippen LogP contribution in [-0.4, -0.2) is 59.1 Å². The number of benzene rings is 1. The number of carbonyl (C=O) groups is 1. The molecule has 0 saturated carbocycles. The first kappa shape index (κ1) is 19.0. The summed E-state index contributed by atoms with van der Waals surface area (Å²) in [6.07, 6.45) is 0. The summed E-state index contributed by atoms with van der Waals surface area (Å²) in [5, 5.41) is 3.29. The Kier molecular flexibility index (Phi) is 5.74. The van der Waals surface area contributed by atoms with Crippen LogP contribution in [-0.2, 0) is 14.8 Å². The minimum atomic E-state index is -3.64. The predicted octanol–water partition coefficient (Wildman–Crippen LogP) is 0.744. The fourth-order valence-electron chi connectivity index (χ4n) is 3.27. The minimum absolute atomic E-state index is 0. The molecule has 1 aromatic rings. The number of fused-ring (bicyclic) bond motifs is 1. The van der Waals surface area contributed by atoms with Crippen molar-refractivity contribution in [2.45, 2.75) is 4.90 Å². The number of esters is 1. The smallest absolute Gasteiger partial charge is 0.337 e. The summed E-state index contributed by atoms with van der Waals surface area (Å²) in [5.74, 6) is 0.354. The molecule has 0 aromatic heterocycles. The second-order valence-electron chi connectivity index (χ2n) is 5.86. The zero-order valence-electron chi connectivity index (χ0n) is 13.5. The molecule has 24 heavy (non-hydrogen) atoms. The summed E-state index contributed by atoms with van der Waals surface area (Å²) in [5.41, 5.74) is 0.255. The van der Waals surface area contributed by atoms with E-state index in [1.165, 1.54) is 36.7 Å². The molecule has 1 N–H and O–H groups in total. The van der Waals surface area contributed by atoms with Crippen molar-refractivity contribution in [3.8, 4) is 5.75 Å². The Hall–Kier alpha value is -1.35. The second kappa shape index (κ2) is 7.26. The van der Waals surface area contributed by atoms with E-state index in [2.05, 4.69) is 10.1 Å². The van der Waals surface area contributed by atoms with E-state index in [-0.39, 0.29) is 28.6 Å². The molecule has 2 heterocycles. The molecular weight excluding hydrogens is 356 g/mol. The Labute approximate surface area is 147 Å². The monoisotopic (exact) mass is 376 g/mol. The molecule has 0 radical (unpaired) electrons. The van der Waals surface area contributed by atoms with E-state index >= 15 is 0 Å². The van der Waals surface area contributed by atoms with Gasteiger partial charge in [0.2, 0.25) is 10.0 Å². The zero-order chi connectivity index (χ0) is 16.6. The van der Waals surface area contributed by atoms with Crippen molar-refractivity contribution >= 4 is 28.4 Å². The molecule has 2 fully saturated rings. The molecule has 2 atom stereocenters. The third-order valence-electron chi connectivity index (χ3n) is 4.56. The van der Waals surface area contributed by atoms with Crippen molar-refractivity contribution in [1.82, 2.24) is 9.62 Å². The van der Waals surface area contributed by atoms with Crippen molar-refractivity contribution in [3.63, 3.8) is 0 Å². The van der Waals surface area contributed by atoms with Gasteiger partial charge in [0.1, 0.15) is 10.6 Å². The van der Waals surface area contributed by atoms with Gasteiger partial charge in [0.25, 0.3) is 0 Å². The quantitative estimate of drug-likeness (QED) is 0.780. The van der Waals surface area contributed by atoms with Crippen LogP contribution in [0.25, 0.3) is 0 Å². The number of rotatable bonds is 4. The van der Waals surface area contributed by atoms with E-state index in [1.54, 1.807) is 0 Å². The molecule has 3 rings (SSSR count). The molecule has 9 heteroatoms. The highest BCUT2D eigenvalue weighted by Crippen LogP contribution is 2.34. The SMILES string of the molecule is COC(=O)c1ccc(S(=O)(=O)N2C[C@H]3CNC[C@H]3C2)c(OC)c1.Cl. The van der Waals surface area contributed by atoms with Crippen LogP contribution in [0.4, 0.5) is 0 Å². The van der Waals surface area contributed by atoms with Gasteiger partial charge in [0.15, 0.2) is 0 Å². The Morgan fingerprint density at radius 2 is 1.83 bits per heavy atom. The molecule has 134 valence electrons. The molecule has 0 spiro atoms. The van der Waals surface area contributed by atoms with Gasteiger partial charge in [-0.3, -0.25) is 0 Å². The van der Waals surface area contributed by atoms with Crippen LogP contribution in [0.5, 0.6) is 5.75 Å². The first-order valence-electron chi connectivity index (χ1n) is 7.44. The standard InChI is InChI=1S/C15H20N2O5S.ClH/c1-21-13-5-10(15(18)22-2)3-4-14(13)23(19,20)17-8-11-6-16-7-12(11)9-17;/h3-5,11-12,16H,6-9H2,1-2H3;1H/t11-,12+;. The Balaban J connectivity index is 0.00000208. The fourth-order valence-corrected chi connectivity index (χ4v) is 4.96. The van der Waals surface area contributed by atoms with Crippen LogP contribution in [0.15, 0.2) is 23.1 Å². The molecule has 2 aliphatic rings. The number of nitrogens with one attached hydrogen (secondary N) is 1. The molecule has 0 aliphatic carbocycles. The number of sulfonamides is 1. The molecule has 1 aromatic carbocycles. The molecule has 2 aliphatic heterocycles. The van der Waals surface area contributed by atoms with E-state index < -0.39 is 16.0 Å². The van der Waals surface area contributed by atoms with Crippen molar-refractivity contribution in [1.29, 1.82) is 0 Å². The molecular formula is C15H21ClN2O5S. The predicted molar refractivity (Wildman–Crippen MR) is 90.2 cm³/mol. The van der Waals surface area contributed by atoms with E-state index in [0.29, 0.717) is 24.9 Å². The van der Waals surface area contributed by atoms with Gasteiger partial charge in [-0.15, -0.1) is 12.4 Å². The molecule has 2 saturated heterocycles. The second-order valence-corrected chi connectivity index (χ2v) is 7.76. The highest BCUT2D eigenvalue weighted by molar-refractivity contribution is 7.89. The highest BCUT2D eigenvalue weighted by Gasteiger charge is 2.42. The summed E-state index contributed by atoms with van der Waals surface area (Å²) in [4.78, 5) is 11.7. The Morgan fingerprint density at radius 1 is 1.21 bits per heavy atom. The van der Waals surface area contributed by atoms with E-state index in [1.807, 2.05) is 0 Å². The van der Waals surface area contributed by atoms with Crippen LogP contribution >= 0.6 is 12.4 Å². The average Bonchev–Trinajstić information content (AvgIpc) is 3.15. The van der Waals surface area contributed by atoms with Crippen molar-refractivity contribution in [2.24, 2.45) is 11.8 Å². The van der Waals surface area contributed by atoms with Crippen LogP contribution in [0, 0.1) is 11.8 Å². The lowest BCUT2D eigenvalue weighted by Crippen LogP contribution is -2.32. The van der Waals surface area contributed by atoms with E-state index in [0.717, 1.165) is 13.1 Å². The van der Waals surface area contributed by atoms with Gasteiger partial charge in [-0.25, -0.2) is 13.2 Å². The van der Waals surface area contributed by atoms with Crippen LogP contribution in [0.2, 0.25) is 0 Å². The maximum Gasteiger partial charge on any atom is 0.337 e. The van der Waals surface area contributed by atoms with Gasteiger partial charge in [0.05, 0.1) is 19.8 Å². The normalized spacial score (nSPS) is 23.4. The van der Waals surface area contributed by atoms with Gasteiger partial charge in [0, 0.05) is 13.1 Å². The van der Waals surface area contributed by atoms with Crippen molar-refractivity contribution in [3.05, 3.63) is 23.8 Å². The van der Waals surface area contributed by atoms with Gasteiger partial charge in [-0.05, 0) is 43.1 Å². The number of hydrogen-bond donors (Lipinski definition) is 1. The molecule has 0 unspecified atom stereocenters. The lowest BCUT2D eigenvalue weighted by atomic mass is 10.0. The largest absolute Gasteiger partial charge is 0.495 e. The first-order chi connectivity index (χ1) is 11.0. The zero-order valence-corrected chi connectivity index (χ0v) is 15.2. The number of nitrogens with zero attached hydrogens (tertiary/aromatic N) is 1. The van der Waals surface area contributed by atoms with E-state index in [9.17, 15) is 13.2 Å². The van der Waals surface area contributed by atoms with Crippen molar-refractivity contribution < 1.29 is 22.7 Å². The van der Waals surface area contributed by atoms with Crippen LogP contribution in [0.1, 0.15) is 10.4 Å². The number of carbonyl (C=O) groups excluding carboxylic acids is 1. The number of hydrogen-bond acceptors (Lipinski definition) is 6. The number of halogens is 1. The van der Waals surface area contributed by atoms with Crippen LogP contribution in [0.3, 0.4) is 0 Å². The maximum atomic E-state index is 12.9. The molecule has 0 amide bonds. The maximum absolute atomic E-state index is 12.9. The summed E-state index contributed by atoms with van der Waals surface area (Å²) < 4.78 is 37.2. The third kappa shape index (κ3) is 3.23. The summed E-state index contributed by atoms with van der Waals surface area (Å²) >= 11 is 0.